The molecule has 1 aromatic carbocycles. The number of aromatic nitrogens is 1. The van der Waals surface area contributed by atoms with Crippen LogP contribution in [0.1, 0.15) is 28.8 Å². The normalized spacial score (nSPS) is 9.81. The molecule has 0 spiro atoms. The van der Waals surface area contributed by atoms with Crippen molar-refractivity contribution in [3.8, 4) is 5.75 Å². The number of rotatable bonds is 6. The Labute approximate surface area is 133 Å². The molecule has 0 bridgehead atoms. The molecule has 0 aliphatic rings. The molecular weight excluding hydrogens is 310 g/mol. The molecule has 0 unspecified atom stereocenters. The molecule has 1 amide bonds. The van der Waals surface area contributed by atoms with Crippen molar-refractivity contribution in [3.63, 3.8) is 0 Å². The molecule has 0 saturated carbocycles. The zero-order valence-corrected chi connectivity index (χ0v) is 13.3. The Kier molecular flexibility index (Phi) is 7.14. The maximum absolute atomic E-state index is 12.0. The van der Waals surface area contributed by atoms with Crippen molar-refractivity contribution in [3.05, 3.63) is 40.3 Å². The highest BCUT2D eigenvalue weighted by atomic mass is 35.5. The third kappa shape index (κ3) is 5.00. The largest absolute Gasteiger partial charge is 0.494 e. The van der Waals surface area contributed by atoms with Gasteiger partial charge in [-0.2, -0.15) is 0 Å². The molecule has 1 heterocycles. The van der Waals surface area contributed by atoms with E-state index in [1.807, 2.05) is 12.1 Å². The average Bonchev–Trinajstić information content (AvgIpc) is 2.95. The number of hydrogen-bond donors (Lipinski definition) is 2. The van der Waals surface area contributed by atoms with Gasteiger partial charge < -0.3 is 15.8 Å². The minimum absolute atomic E-state index is 0. The summed E-state index contributed by atoms with van der Waals surface area (Å²) in [4.78, 5) is 16.1. The average molecular weight is 328 g/mol. The Hall–Kier alpha value is -1.63. The van der Waals surface area contributed by atoms with E-state index in [0.717, 1.165) is 17.2 Å². The molecule has 0 aliphatic heterocycles. The van der Waals surface area contributed by atoms with Crippen LogP contribution in [0.4, 0.5) is 5.69 Å². The fraction of sp³-hybridized carbons (Fsp3) is 0.286. The summed E-state index contributed by atoms with van der Waals surface area (Å²) in [6, 6.07) is 7.27. The molecule has 0 saturated heterocycles. The lowest BCUT2D eigenvalue weighted by atomic mass is 10.3. The van der Waals surface area contributed by atoms with Crippen molar-refractivity contribution in [1.29, 1.82) is 0 Å². The monoisotopic (exact) mass is 327 g/mol. The van der Waals surface area contributed by atoms with Gasteiger partial charge in [0.2, 0.25) is 0 Å². The van der Waals surface area contributed by atoms with Gasteiger partial charge in [-0.3, -0.25) is 4.79 Å². The van der Waals surface area contributed by atoms with Gasteiger partial charge in [0.15, 0.2) is 0 Å². The zero-order valence-electron chi connectivity index (χ0n) is 11.7. The van der Waals surface area contributed by atoms with Crippen LogP contribution >= 0.6 is 23.7 Å². The molecule has 114 valence electrons. The smallest absolute Gasteiger partial charge is 0.275 e. The molecule has 5 nitrogen and oxygen atoms in total. The van der Waals surface area contributed by atoms with Gasteiger partial charge in [0.25, 0.3) is 5.91 Å². The van der Waals surface area contributed by atoms with E-state index in [0.29, 0.717) is 24.5 Å². The third-order valence-electron chi connectivity index (χ3n) is 2.54. The van der Waals surface area contributed by atoms with Crippen LogP contribution in [0.25, 0.3) is 0 Å². The van der Waals surface area contributed by atoms with E-state index in [9.17, 15) is 4.79 Å². The predicted molar refractivity (Wildman–Crippen MR) is 87.4 cm³/mol. The molecule has 2 rings (SSSR count). The molecular formula is C14H18ClN3O2S. The van der Waals surface area contributed by atoms with E-state index >= 15 is 0 Å². The lowest BCUT2D eigenvalue weighted by molar-refractivity contribution is 0.102. The number of ether oxygens (including phenoxy) is 1. The van der Waals surface area contributed by atoms with Gasteiger partial charge in [0, 0.05) is 17.6 Å². The molecule has 0 radical (unpaired) electrons. The van der Waals surface area contributed by atoms with Gasteiger partial charge in [0.1, 0.15) is 16.5 Å². The number of anilines is 1. The second kappa shape index (κ2) is 8.61. The van der Waals surface area contributed by atoms with Gasteiger partial charge in [-0.1, -0.05) is 6.92 Å². The highest BCUT2D eigenvalue weighted by Gasteiger charge is 2.10. The maximum Gasteiger partial charge on any atom is 0.275 e. The summed E-state index contributed by atoms with van der Waals surface area (Å²) < 4.78 is 5.48. The van der Waals surface area contributed by atoms with Crippen LogP contribution in [0.15, 0.2) is 29.6 Å². The van der Waals surface area contributed by atoms with Gasteiger partial charge in [-0.15, -0.1) is 23.7 Å². The number of nitrogens with zero attached hydrogens (tertiary/aromatic N) is 1. The summed E-state index contributed by atoms with van der Waals surface area (Å²) in [6.07, 6.45) is 0.964. The van der Waals surface area contributed by atoms with Gasteiger partial charge >= 0.3 is 0 Å². The maximum atomic E-state index is 12.0. The number of thiazole rings is 1. The number of carbonyl (C=O) groups excluding carboxylic acids is 1. The second-order valence-corrected chi connectivity index (χ2v) is 5.10. The standard InChI is InChI=1S/C14H17N3O2S.ClH/c1-2-7-19-11-5-3-10(4-6-11)16-14(18)12-9-20-13(8-15)17-12;/h3-6,9H,2,7-8,15H2,1H3,(H,16,18);1H. The Morgan fingerprint density at radius 1 is 1.38 bits per heavy atom. The number of halogens is 1. The number of hydrogen-bond acceptors (Lipinski definition) is 5. The van der Waals surface area contributed by atoms with Crippen molar-refractivity contribution < 1.29 is 9.53 Å². The van der Waals surface area contributed by atoms with Crippen LogP contribution in [-0.4, -0.2) is 17.5 Å². The predicted octanol–water partition coefficient (Wildman–Crippen LogP) is 3.06. The summed E-state index contributed by atoms with van der Waals surface area (Å²) >= 11 is 1.38. The Morgan fingerprint density at radius 3 is 2.67 bits per heavy atom. The van der Waals surface area contributed by atoms with Crippen molar-refractivity contribution >= 4 is 35.3 Å². The van der Waals surface area contributed by atoms with E-state index in [4.69, 9.17) is 10.5 Å². The van der Waals surface area contributed by atoms with Crippen LogP contribution in [0, 0.1) is 0 Å². The minimum Gasteiger partial charge on any atom is -0.494 e. The van der Waals surface area contributed by atoms with Crippen molar-refractivity contribution in [2.24, 2.45) is 5.73 Å². The van der Waals surface area contributed by atoms with Gasteiger partial charge in [-0.25, -0.2) is 4.98 Å². The molecule has 0 aliphatic carbocycles. The lowest BCUT2D eigenvalue weighted by Gasteiger charge is -2.06. The molecule has 0 atom stereocenters. The summed E-state index contributed by atoms with van der Waals surface area (Å²) in [6.45, 7) is 3.09. The highest BCUT2D eigenvalue weighted by Crippen LogP contribution is 2.17. The van der Waals surface area contributed by atoms with Crippen LogP contribution in [0.2, 0.25) is 0 Å². The number of nitrogens with one attached hydrogen (secondary N) is 1. The van der Waals surface area contributed by atoms with E-state index in [1.54, 1.807) is 17.5 Å². The van der Waals surface area contributed by atoms with E-state index < -0.39 is 0 Å². The molecule has 2 aromatic rings. The first-order chi connectivity index (χ1) is 9.72. The first kappa shape index (κ1) is 17.4. The number of nitrogens with two attached hydrogens (primary N) is 1. The Balaban J connectivity index is 0.00000220. The van der Waals surface area contributed by atoms with Crippen molar-refractivity contribution in [1.82, 2.24) is 4.98 Å². The van der Waals surface area contributed by atoms with Crippen LogP contribution in [0.3, 0.4) is 0 Å². The number of amides is 1. The summed E-state index contributed by atoms with van der Waals surface area (Å²) in [5.41, 5.74) is 6.57. The number of carbonyl (C=O) groups is 1. The quantitative estimate of drug-likeness (QED) is 0.854. The van der Waals surface area contributed by atoms with E-state index in [2.05, 4.69) is 17.2 Å². The minimum atomic E-state index is -0.233. The first-order valence-corrected chi connectivity index (χ1v) is 7.29. The Bertz CT molecular complexity index is 572. The summed E-state index contributed by atoms with van der Waals surface area (Å²) in [5, 5.41) is 5.24. The van der Waals surface area contributed by atoms with Gasteiger partial charge in [-0.05, 0) is 30.7 Å². The highest BCUT2D eigenvalue weighted by molar-refractivity contribution is 7.09. The van der Waals surface area contributed by atoms with Gasteiger partial charge in [0.05, 0.1) is 6.61 Å². The zero-order chi connectivity index (χ0) is 14.4. The SMILES string of the molecule is CCCOc1ccc(NC(=O)c2csc(CN)n2)cc1.Cl. The summed E-state index contributed by atoms with van der Waals surface area (Å²) in [7, 11) is 0. The lowest BCUT2D eigenvalue weighted by Crippen LogP contribution is -2.12. The van der Waals surface area contributed by atoms with Crippen LogP contribution < -0.4 is 15.8 Å². The summed E-state index contributed by atoms with van der Waals surface area (Å²) in [5.74, 6) is 0.562. The topological polar surface area (TPSA) is 77.2 Å². The van der Waals surface area contributed by atoms with E-state index in [1.165, 1.54) is 11.3 Å². The fourth-order valence-corrected chi connectivity index (χ4v) is 2.21. The Morgan fingerprint density at radius 2 is 2.10 bits per heavy atom. The third-order valence-corrected chi connectivity index (χ3v) is 3.42. The van der Waals surface area contributed by atoms with E-state index in [-0.39, 0.29) is 18.3 Å². The molecule has 0 fully saturated rings. The molecule has 1 aromatic heterocycles. The molecule has 3 N–H and O–H groups in total. The molecule has 7 heteroatoms. The first-order valence-electron chi connectivity index (χ1n) is 6.41. The van der Waals surface area contributed by atoms with Crippen LogP contribution in [0.5, 0.6) is 5.75 Å². The van der Waals surface area contributed by atoms with Crippen molar-refractivity contribution in [2.75, 3.05) is 11.9 Å². The van der Waals surface area contributed by atoms with Crippen LogP contribution in [-0.2, 0) is 6.54 Å². The van der Waals surface area contributed by atoms with Crippen molar-refractivity contribution in [2.45, 2.75) is 19.9 Å². The second-order valence-electron chi connectivity index (χ2n) is 4.16. The number of benzene rings is 1. The molecule has 21 heavy (non-hydrogen) atoms. The fourth-order valence-electron chi connectivity index (χ4n) is 1.56.